The van der Waals surface area contributed by atoms with Crippen LogP contribution >= 0.6 is 15.9 Å². The number of nitrogen functional groups attached to an aromatic ring is 1. The monoisotopic (exact) mass is 375 g/mol. The lowest BCUT2D eigenvalue weighted by Gasteiger charge is -2.23. The molecule has 23 heavy (non-hydrogen) atoms. The summed E-state index contributed by atoms with van der Waals surface area (Å²) in [4.78, 5) is 4.90. The van der Waals surface area contributed by atoms with Crippen molar-refractivity contribution in [2.45, 2.75) is 18.8 Å². The summed E-state index contributed by atoms with van der Waals surface area (Å²) < 4.78 is 4.30. The number of halogens is 1. The fourth-order valence-electron chi connectivity index (χ4n) is 3.13. The van der Waals surface area contributed by atoms with Crippen LogP contribution in [0.15, 0.2) is 23.1 Å². The van der Waals surface area contributed by atoms with Crippen molar-refractivity contribution in [2.75, 3.05) is 18.8 Å². The van der Waals surface area contributed by atoms with E-state index in [2.05, 4.69) is 31.4 Å². The quantitative estimate of drug-likeness (QED) is 0.714. The maximum absolute atomic E-state index is 6.29. The molecular weight excluding hydrogens is 358 g/mol. The van der Waals surface area contributed by atoms with Gasteiger partial charge in [0.2, 0.25) is 0 Å². The van der Waals surface area contributed by atoms with Crippen LogP contribution in [0.2, 0.25) is 0 Å². The van der Waals surface area contributed by atoms with Crippen molar-refractivity contribution in [3.05, 3.63) is 28.8 Å². The number of rotatable bonds is 2. The third kappa shape index (κ3) is 2.42. The van der Waals surface area contributed by atoms with Crippen LogP contribution in [0.4, 0.5) is 5.82 Å². The molecule has 0 radical (unpaired) electrons. The minimum Gasteiger partial charge on any atom is -0.383 e. The van der Waals surface area contributed by atoms with E-state index >= 15 is 0 Å². The van der Waals surface area contributed by atoms with Gasteiger partial charge in [0.15, 0.2) is 5.65 Å². The van der Waals surface area contributed by atoms with Crippen LogP contribution in [-0.4, -0.2) is 37.5 Å². The van der Waals surface area contributed by atoms with E-state index < -0.39 is 0 Å². The van der Waals surface area contributed by atoms with Crippen LogP contribution in [0.5, 0.6) is 0 Å². The van der Waals surface area contributed by atoms with Gasteiger partial charge in [0.1, 0.15) is 5.82 Å². The summed E-state index contributed by atoms with van der Waals surface area (Å²) in [5.74, 6) is 0.952. The highest BCUT2D eigenvalue weighted by molar-refractivity contribution is 9.10. The van der Waals surface area contributed by atoms with Crippen LogP contribution in [0, 0.1) is 0 Å². The number of aromatic nitrogens is 5. The fourth-order valence-corrected chi connectivity index (χ4v) is 3.71. The summed E-state index contributed by atoms with van der Waals surface area (Å²) in [6.45, 7) is 2.00. The number of aryl methyl sites for hydroxylation is 1. The number of nitrogens with zero attached hydrogens (tertiary/aromatic N) is 5. The van der Waals surface area contributed by atoms with Crippen LogP contribution < -0.4 is 11.1 Å². The minimum absolute atomic E-state index is 0.363. The summed E-state index contributed by atoms with van der Waals surface area (Å²) in [5, 5.41) is 12.1. The number of anilines is 1. The Morgan fingerprint density at radius 3 is 2.91 bits per heavy atom. The second-order valence-electron chi connectivity index (χ2n) is 5.94. The lowest BCUT2D eigenvalue weighted by molar-refractivity contribution is 0.453. The van der Waals surface area contributed by atoms with Gasteiger partial charge in [-0.05, 0) is 35.3 Å². The number of nitrogens with two attached hydrogens (primary N) is 1. The molecule has 1 aliphatic heterocycles. The van der Waals surface area contributed by atoms with Gasteiger partial charge < -0.3 is 11.1 Å². The third-order valence-electron chi connectivity index (χ3n) is 4.35. The number of nitrogens with one attached hydrogen (secondary N) is 1. The van der Waals surface area contributed by atoms with E-state index in [0.29, 0.717) is 11.7 Å². The topological polar surface area (TPSA) is 86.1 Å². The summed E-state index contributed by atoms with van der Waals surface area (Å²) in [7, 11) is 1.90. The maximum atomic E-state index is 6.29. The molecular formula is C15H18BrN7. The molecule has 3 aromatic heterocycles. The summed E-state index contributed by atoms with van der Waals surface area (Å²) in [5.41, 5.74) is 10.0. The zero-order valence-corrected chi connectivity index (χ0v) is 14.4. The minimum atomic E-state index is 0.363. The van der Waals surface area contributed by atoms with E-state index in [-0.39, 0.29) is 0 Å². The van der Waals surface area contributed by atoms with Crippen LogP contribution in [0.1, 0.15) is 24.5 Å². The molecule has 7 nitrogen and oxygen atoms in total. The van der Waals surface area contributed by atoms with Crippen LogP contribution in [-0.2, 0) is 7.05 Å². The van der Waals surface area contributed by atoms with E-state index in [4.69, 9.17) is 10.7 Å². The number of fused-ring (bicyclic) bond motifs is 1. The summed E-state index contributed by atoms with van der Waals surface area (Å²) in [6.07, 6.45) is 7.84. The normalized spacial score (nSPS) is 18.6. The van der Waals surface area contributed by atoms with Crippen molar-refractivity contribution in [2.24, 2.45) is 7.05 Å². The van der Waals surface area contributed by atoms with Gasteiger partial charge >= 0.3 is 0 Å². The zero-order valence-electron chi connectivity index (χ0n) is 12.8. The number of hydrogen-bond donors (Lipinski definition) is 2. The molecule has 0 spiro atoms. The molecule has 4 heterocycles. The summed E-state index contributed by atoms with van der Waals surface area (Å²) in [6, 6.07) is 0. The first-order valence-electron chi connectivity index (χ1n) is 7.67. The predicted octanol–water partition coefficient (Wildman–Crippen LogP) is 1.94. The average molecular weight is 376 g/mol. The highest BCUT2D eigenvalue weighted by atomic mass is 79.9. The second kappa shape index (κ2) is 5.61. The molecule has 1 saturated heterocycles. The Hall–Kier alpha value is -1.93. The Balaban J connectivity index is 1.89. The Morgan fingerprint density at radius 1 is 1.35 bits per heavy atom. The number of piperidine rings is 1. The molecule has 3 N–H and O–H groups in total. The molecule has 3 aromatic rings. The van der Waals surface area contributed by atoms with Crippen molar-refractivity contribution in [3.8, 4) is 11.1 Å². The van der Waals surface area contributed by atoms with E-state index in [1.807, 2.05) is 19.4 Å². The van der Waals surface area contributed by atoms with E-state index in [1.165, 1.54) is 0 Å². The molecule has 1 fully saturated rings. The SMILES string of the molecule is Cn1cc(-c2cnn3c(N)c(Br)c([C@H]4CCCNC4)nc23)cn1. The largest absolute Gasteiger partial charge is 0.383 e. The molecule has 0 unspecified atom stereocenters. The first-order chi connectivity index (χ1) is 11.1. The number of hydrogen-bond acceptors (Lipinski definition) is 5. The third-order valence-corrected chi connectivity index (χ3v) is 5.16. The van der Waals surface area contributed by atoms with Gasteiger partial charge in [0, 0.05) is 36.8 Å². The first-order valence-corrected chi connectivity index (χ1v) is 8.47. The lowest BCUT2D eigenvalue weighted by atomic mass is 9.96. The Morgan fingerprint density at radius 2 is 2.22 bits per heavy atom. The zero-order chi connectivity index (χ0) is 16.0. The van der Waals surface area contributed by atoms with Gasteiger partial charge in [-0.25, -0.2) is 4.98 Å². The Labute approximate surface area is 142 Å². The maximum Gasteiger partial charge on any atom is 0.165 e. The van der Waals surface area contributed by atoms with Gasteiger partial charge in [-0.1, -0.05) is 0 Å². The molecule has 1 atom stereocenters. The molecule has 1 aliphatic rings. The molecule has 0 aliphatic carbocycles. The van der Waals surface area contributed by atoms with Gasteiger partial charge in [0.05, 0.1) is 22.6 Å². The smallest absolute Gasteiger partial charge is 0.165 e. The molecule has 0 saturated carbocycles. The fraction of sp³-hybridized carbons (Fsp3) is 0.400. The van der Waals surface area contributed by atoms with Crippen LogP contribution in [0.25, 0.3) is 16.8 Å². The standard InChI is InChI=1S/C15H18BrN7/c1-22-8-10(6-19-22)11-7-20-23-14(17)12(16)13(21-15(11)23)9-3-2-4-18-5-9/h6-9,18H,2-5,17H2,1H3/t9-/m0/s1. The molecule has 0 amide bonds. The van der Waals surface area contributed by atoms with Gasteiger partial charge in [-0.2, -0.15) is 14.7 Å². The Bertz CT molecular complexity index is 860. The van der Waals surface area contributed by atoms with E-state index in [1.54, 1.807) is 15.4 Å². The van der Waals surface area contributed by atoms with Gasteiger partial charge in [0.25, 0.3) is 0 Å². The molecule has 4 rings (SSSR count). The van der Waals surface area contributed by atoms with Gasteiger partial charge in [-0.15, -0.1) is 0 Å². The predicted molar refractivity (Wildman–Crippen MR) is 92.1 cm³/mol. The highest BCUT2D eigenvalue weighted by Crippen LogP contribution is 2.34. The van der Waals surface area contributed by atoms with Crippen LogP contribution in [0.3, 0.4) is 0 Å². The van der Waals surface area contributed by atoms with Gasteiger partial charge in [-0.3, -0.25) is 4.68 Å². The van der Waals surface area contributed by atoms with Crippen molar-refractivity contribution < 1.29 is 0 Å². The summed E-state index contributed by atoms with van der Waals surface area (Å²) >= 11 is 3.61. The Kier molecular flexibility index (Phi) is 3.57. The van der Waals surface area contributed by atoms with E-state index in [0.717, 1.165) is 52.9 Å². The molecule has 0 aromatic carbocycles. The molecule has 0 bridgehead atoms. The molecule has 8 heteroatoms. The highest BCUT2D eigenvalue weighted by Gasteiger charge is 2.23. The van der Waals surface area contributed by atoms with Crippen molar-refractivity contribution in [1.82, 2.24) is 29.7 Å². The van der Waals surface area contributed by atoms with Crippen molar-refractivity contribution in [1.29, 1.82) is 0 Å². The molecule has 120 valence electrons. The van der Waals surface area contributed by atoms with Crippen molar-refractivity contribution >= 4 is 27.4 Å². The lowest BCUT2D eigenvalue weighted by Crippen LogP contribution is -2.29. The van der Waals surface area contributed by atoms with E-state index in [9.17, 15) is 0 Å². The van der Waals surface area contributed by atoms with Crippen molar-refractivity contribution in [3.63, 3.8) is 0 Å². The average Bonchev–Trinajstić information content (AvgIpc) is 3.17. The second-order valence-corrected chi connectivity index (χ2v) is 6.73. The first kappa shape index (κ1) is 14.6.